The predicted octanol–water partition coefficient (Wildman–Crippen LogP) is 3.54. The molecule has 0 unspecified atom stereocenters. The van der Waals surface area contributed by atoms with Gasteiger partial charge in [-0.2, -0.15) is 0 Å². The molecule has 0 spiro atoms. The molecule has 6 heteroatoms. The number of nitrogens with one attached hydrogen (secondary N) is 2. The molecule has 0 radical (unpaired) electrons. The highest BCUT2D eigenvalue weighted by atomic mass is 19.2. The first-order chi connectivity index (χ1) is 10.0. The Morgan fingerprint density at radius 3 is 2.24 bits per heavy atom. The van der Waals surface area contributed by atoms with Gasteiger partial charge in [-0.05, 0) is 42.5 Å². The lowest BCUT2D eigenvalue weighted by molar-refractivity contribution is -0.115. The van der Waals surface area contributed by atoms with Crippen LogP contribution in [0.2, 0.25) is 0 Å². The van der Waals surface area contributed by atoms with Crippen molar-refractivity contribution in [2.75, 3.05) is 17.2 Å². The molecule has 2 N–H and O–H groups in total. The van der Waals surface area contributed by atoms with E-state index in [1.165, 1.54) is 30.3 Å². The number of amides is 1. The van der Waals surface area contributed by atoms with E-state index in [9.17, 15) is 18.0 Å². The van der Waals surface area contributed by atoms with Crippen LogP contribution in [-0.2, 0) is 4.79 Å². The molecule has 3 nitrogen and oxygen atoms in total. The molecule has 2 rings (SSSR count). The van der Waals surface area contributed by atoms with Crippen LogP contribution in [0.15, 0.2) is 42.5 Å². The van der Waals surface area contributed by atoms with E-state index in [4.69, 9.17) is 0 Å². The summed E-state index contributed by atoms with van der Waals surface area (Å²) in [7, 11) is 0. The van der Waals surface area contributed by atoms with Gasteiger partial charge in [0.1, 0.15) is 5.82 Å². The zero-order valence-corrected chi connectivity index (χ0v) is 11.0. The van der Waals surface area contributed by atoms with Gasteiger partial charge in [-0.1, -0.05) is 0 Å². The van der Waals surface area contributed by atoms with Gasteiger partial charge in [0.15, 0.2) is 11.6 Å². The Labute approximate surface area is 119 Å². The van der Waals surface area contributed by atoms with Crippen molar-refractivity contribution in [2.45, 2.75) is 6.42 Å². The van der Waals surface area contributed by atoms with Gasteiger partial charge in [-0.15, -0.1) is 0 Å². The standard InChI is InChI=1S/C15H13F3N2O/c16-10-1-3-11(4-2-10)20-15(21)7-8-19-12-5-6-13(17)14(18)9-12/h1-6,9,19H,7-8H2,(H,20,21). The Hall–Kier alpha value is -2.50. The fraction of sp³-hybridized carbons (Fsp3) is 0.133. The molecule has 21 heavy (non-hydrogen) atoms. The van der Waals surface area contributed by atoms with Crippen LogP contribution in [0.4, 0.5) is 24.5 Å². The summed E-state index contributed by atoms with van der Waals surface area (Å²) >= 11 is 0. The van der Waals surface area contributed by atoms with Crippen molar-refractivity contribution >= 4 is 17.3 Å². The summed E-state index contributed by atoms with van der Waals surface area (Å²) in [5.74, 6) is -2.52. The third kappa shape index (κ3) is 4.52. The van der Waals surface area contributed by atoms with Crippen molar-refractivity contribution in [3.05, 3.63) is 59.9 Å². The van der Waals surface area contributed by atoms with Gasteiger partial charge in [0.2, 0.25) is 5.91 Å². The number of hydrogen-bond acceptors (Lipinski definition) is 2. The summed E-state index contributed by atoms with van der Waals surface area (Å²) < 4.78 is 38.4. The molecule has 0 saturated heterocycles. The van der Waals surface area contributed by atoms with E-state index >= 15 is 0 Å². The number of rotatable bonds is 5. The summed E-state index contributed by atoms with van der Waals surface area (Å²) in [6.07, 6.45) is 0.135. The van der Waals surface area contributed by atoms with Gasteiger partial charge in [0.05, 0.1) is 0 Å². The minimum absolute atomic E-state index is 0.135. The topological polar surface area (TPSA) is 41.1 Å². The maximum absolute atomic E-state index is 13.0. The smallest absolute Gasteiger partial charge is 0.226 e. The molecule has 2 aromatic rings. The molecule has 0 aliphatic carbocycles. The highest BCUT2D eigenvalue weighted by Gasteiger charge is 2.04. The molecule has 110 valence electrons. The lowest BCUT2D eigenvalue weighted by Gasteiger charge is -2.08. The largest absolute Gasteiger partial charge is 0.384 e. The van der Waals surface area contributed by atoms with E-state index in [0.717, 1.165) is 12.1 Å². The minimum Gasteiger partial charge on any atom is -0.384 e. The van der Waals surface area contributed by atoms with Crippen LogP contribution in [-0.4, -0.2) is 12.5 Å². The number of anilines is 2. The van der Waals surface area contributed by atoms with E-state index in [1.807, 2.05) is 0 Å². The quantitative estimate of drug-likeness (QED) is 0.885. The first-order valence-corrected chi connectivity index (χ1v) is 6.29. The molecule has 0 aliphatic heterocycles. The second kappa shape index (κ2) is 6.78. The Morgan fingerprint density at radius 1 is 0.905 bits per heavy atom. The Morgan fingerprint density at radius 2 is 1.57 bits per heavy atom. The number of benzene rings is 2. The fourth-order valence-corrected chi connectivity index (χ4v) is 1.68. The van der Waals surface area contributed by atoms with Crippen LogP contribution in [0, 0.1) is 17.5 Å². The number of halogens is 3. The minimum atomic E-state index is -0.948. The van der Waals surface area contributed by atoms with E-state index in [1.54, 1.807) is 0 Å². The Kier molecular flexibility index (Phi) is 4.81. The first-order valence-electron chi connectivity index (χ1n) is 6.29. The molecule has 0 bridgehead atoms. The summed E-state index contributed by atoms with van der Waals surface area (Å²) in [6, 6.07) is 8.82. The van der Waals surface area contributed by atoms with E-state index in [2.05, 4.69) is 10.6 Å². The summed E-state index contributed by atoms with van der Waals surface area (Å²) in [4.78, 5) is 11.6. The molecular formula is C15H13F3N2O. The summed E-state index contributed by atoms with van der Waals surface area (Å²) in [5.41, 5.74) is 0.887. The summed E-state index contributed by atoms with van der Waals surface area (Å²) in [6.45, 7) is 0.262. The lowest BCUT2D eigenvalue weighted by Crippen LogP contribution is -2.16. The SMILES string of the molecule is O=C(CCNc1ccc(F)c(F)c1)Nc1ccc(F)cc1. The second-order valence-electron chi connectivity index (χ2n) is 4.36. The van der Waals surface area contributed by atoms with Crippen molar-refractivity contribution in [1.82, 2.24) is 0 Å². The van der Waals surface area contributed by atoms with Crippen molar-refractivity contribution < 1.29 is 18.0 Å². The van der Waals surface area contributed by atoms with Crippen LogP contribution >= 0.6 is 0 Å². The molecule has 0 heterocycles. The van der Waals surface area contributed by atoms with Crippen LogP contribution in [0.3, 0.4) is 0 Å². The first kappa shape index (κ1) is 14.9. The number of hydrogen-bond donors (Lipinski definition) is 2. The van der Waals surface area contributed by atoms with Crippen molar-refractivity contribution in [3.63, 3.8) is 0 Å². The third-order valence-electron chi connectivity index (χ3n) is 2.73. The van der Waals surface area contributed by atoms with Crippen LogP contribution in [0.1, 0.15) is 6.42 Å². The number of carbonyl (C=O) groups is 1. The van der Waals surface area contributed by atoms with Gasteiger partial charge in [0.25, 0.3) is 0 Å². The molecule has 0 fully saturated rings. The van der Waals surface area contributed by atoms with Gasteiger partial charge in [0, 0.05) is 24.3 Å². The zero-order valence-electron chi connectivity index (χ0n) is 11.0. The Balaban J connectivity index is 1.78. The molecule has 0 atom stereocenters. The van der Waals surface area contributed by atoms with Crippen LogP contribution < -0.4 is 10.6 Å². The summed E-state index contributed by atoms with van der Waals surface area (Å²) in [5, 5.41) is 5.41. The second-order valence-corrected chi connectivity index (χ2v) is 4.36. The monoisotopic (exact) mass is 294 g/mol. The number of carbonyl (C=O) groups excluding carboxylic acids is 1. The average Bonchev–Trinajstić information content (AvgIpc) is 2.45. The molecule has 0 saturated carbocycles. The normalized spacial score (nSPS) is 10.2. The third-order valence-corrected chi connectivity index (χ3v) is 2.73. The molecule has 1 amide bonds. The highest BCUT2D eigenvalue weighted by molar-refractivity contribution is 5.90. The molecule has 0 aliphatic rings. The molecular weight excluding hydrogens is 281 g/mol. The molecule has 2 aromatic carbocycles. The highest BCUT2D eigenvalue weighted by Crippen LogP contribution is 2.13. The van der Waals surface area contributed by atoms with Gasteiger partial charge >= 0.3 is 0 Å². The van der Waals surface area contributed by atoms with E-state index in [0.29, 0.717) is 11.4 Å². The van der Waals surface area contributed by atoms with Crippen LogP contribution in [0.5, 0.6) is 0 Å². The average molecular weight is 294 g/mol. The maximum Gasteiger partial charge on any atom is 0.226 e. The predicted molar refractivity (Wildman–Crippen MR) is 74.5 cm³/mol. The lowest BCUT2D eigenvalue weighted by atomic mass is 10.2. The van der Waals surface area contributed by atoms with Crippen LogP contribution in [0.25, 0.3) is 0 Å². The van der Waals surface area contributed by atoms with Gasteiger partial charge in [-0.3, -0.25) is 4.79 Å². The van der Waals surface area contributed by atoms with E-state index in [-0.39, 0.29) is 24.7 Å². The van der Waals surface area contributed by atoms with Crippen molar-refractivity contribution in [1.29, 1.82) is 0 Å². The molecule has 0 aromatic heterocycles. The van der Waals surface area contributed by atoms with Gasteiger partial charge < -0.3 is 10.6 Å². The van der Waals surface area contributed by atoms with Gasteiger partial charge in [-0.25, -0.2) is 13.2 Å². The van der Waals surface area contributed by atoms with Crippen molar-refractivity contribution in [2.24, 2.45) is 0 Å². The fourth-order valence-electron chi connectivity index (χ4n) is 1.68. The maximum atomic E-state index is 13.0. The zero-order chi connectivity index (χ0) is 15.2. The van der Waals surface area contributed by atoms with Crippen molar-refractivity contribution in [3.8, 4) is 0 Å². The van der Waals surface area contributed by atoms with E-state index < -0.39 is 11.6 Å². The Bertz CT molecular complexity index is 629.